The van der Waals surface area contributed by atoms with E-state index in [0.29, 0.717) is 51.7 Å². The molecule has 0 aromatic heterocycles. The molecule has 3 aromatic carbocycles. The molecule has 8 nitrogen and oxygen atoms in total. The Labute approximate surface area is 205 Å². The van der Waals surface area contributed by atoms with Crippen molar-refractivity contribution in [2.75, 3.05) is 27.6 Å². The second kappa shape index (κ2) is 11.9. The topological polar surface area (TPSA) is 117 Å². The number of aliphatic hydroxyl groups is 1. The van der Waals surface area contributed by atoms with Crippen LogP contribution < -0.4 is 19.3 Å². The number of ether oxygens (including phenoxy) is 4. The molecule has 35 heavy (non-hydrogen) atoms. The van der Waals surface area contributed by atoms with E-state index in [-0.39, 0.29) is 12.5 Å². The van der Waals surface area contributed by atoms with E-state index in [1.807, 2.05) is 0 Å². The summed E-state index contributed by atoms with van der Waals surface area (Å²) in [6.45, 7) is 4.00. The van der Waals surface area contributed by atoms with Gasteiger partial charge in [-0.25, -0.2) is 13.6 Å². The molecule has 9 heteroatoms. The van der Waals surface area contributed by atoms with Crippen molar-refractivity contribution in [3.05, 3.63) is 90.0 Å². The fourth-order valence-corrected chi connectivity index (χ4v) is 4.30. The van der Waals surface area contributed by atoms with Crippen LogP contribution in [0.25, 0.3) is 11.1 Å². The molecule has 3 rings (SSSR count). The van der Waals surface area contributed by atoms with Gasteiger partial charge in [-0.1, -0.05) is 49.1 Å². The van der Waals surface area contributed by atoms with E-state index >= 15 is 0 Å². The van der Waals surface area contributed by atoms with Crippen molar-refractivity contribution in [1.29, 1.82) is 0 Å². The quantitative estimate of drug-likeness (QED) is 0.288. The fraction of sp³-hybridized carbons (Fsp3) is 0.231. The second-order valence-electron chi connectivity index (χ2n) is 7.68. The molecule has 3 aromatic rings. The zero-order chi connectivity index (χ0) is 25.4. The third kappa shape index (κ3) is 6.83. The maximum absolute atomic E-state index is 11.7. The summed E-state index contributed by atoms with van der Waals surface area (Å²) in [7, 11) is -0.734. The summed E-state index contributed by atoms with van der Waals surface area (Å²) in [5.41, 5.74) is 2.67. The van der Waals surface area contributed by atoms with Crippen molar-refractivity contribution in [2.45, 2.75) is 11.9 Å². The van der Waals surface area contributed by atoms with Gasteiger partial charge in [0.05, 0.1) is 18.4 Å². The smallest absolute Gasteiger partial charge is 0.213 e. The first-order valence-electron chi connectivity index (χ1n) is 10.7. The molecule has 0 amide bonds. The third-order valence-corrected chi connectivity index (χ3v) is 5.89. The molecule has 0 aliphatic carbocycles. The first-order valence-corrected chi connectivity index (χ1v) is 12.4. The highest BCUT2D eigenvalue weighted by Gasteiger charge is 2.22. The second-order valence-corrected chi connectivity index (χ2v) is 9.30. The summed E-state index contributed by atoms with van der Waals surface area (Å²) in [6.07, 6.45) is 0.543. The van der Waals surface area contributed by atoms with Crippen LogP contribution in [0.5, 0.6) is 17.2 Å². The van der Waals surface area contributed by atoms with Gasteiger partial charge in [0.2, 0.25) is 10.0 Å². The van der Waals surface area contributed by atoms with Gasteiger partial charge >= 0.3 is 0 Å². The largest absolute Gasteiger partial charge is 0.496 e. The van der Waals surface area contributed by atoms with E-state index in [0.717, 1.165) is 0 Å². The minimum atomic E-state index is -3.78. The maximum Gasteiger partial charge on any atom is 0.213 e. The molecule has 3 N–H and O–H groups in total. The van der Waals surface area contributed by atoms with Gasteiger partial charge in [0, 0.05) is 7.11 Å². The van der Waals surface area contributed by atoms with Gasteiger partial charge in [0.15, 0.2) is 6.79 Å². The summed E-state index contributed by atoms with van der Waals surface area (Å²) in [5, 5.41) is 16.7. The number of sulfonamides is 1. The van der Waals surface area contributed by atoms with Crippen molar-refractivity contribution in [3.63, 3.8) is 0 Å². The van der Waals surface area contributed by atoms with E-state index in [1.54, 1.807) is 66.7 Å². The van der Waals surface area contributed by atoms with Crippen LogP contribution in [0.2, 0.25) is 0 Å². The molecule has 0 saturated heterocycles. The number of aliphatic hydroxyl groups excluding tert-OH is 1. The lowest BCUT2D eigenvalue weighted by Gasteiger charge is -2.21. The Bertz CT molecular complexity index is 1260. The molecule has 1 unspecified atom stereocenters. The monoisotopic (exact) mass is 499 g/mol. The molecule has 0 aliphatic rings. The number of methoxy groups -OCH3 is 2. The van der Waals surface area contributed by atoms with Gasteiger partial charge in [0.25, 0.3) is 0 Å². The van der Waals surface area contributed by atoms with Crippen molar-refractivity contribution in [2.24, 2.45) is 5.14 Å². The summed E-state index contributed by atoms with van der Waals surface area (Å²) >= 11 is 0. The van der Waals surface area contributed by atoms with Gasteiger partial charge in [-0.15, -0.1) is 0 Å². The minimum absolute atomic E-state index is 0.00766. The number of hydrogen-bond donors (Lipinski definition) is 2. The summed E-state index contributed by atoms with van der Waals surface area (Å²) < 4.78 is 45.4. The summed E-state index contributed by atoms with van der Waals surface area (Å²) in [6, 6.07) is 17.3. The highest BCUT2D eigenvalue weighted by Crippen LogP contribution is 2.43. The van der Waals surface area contributed by atoms with Crippen molar-refractivity contribution in [1.82, 2.24) is 0 Å². The first kappa shape index (κ1) is 26.2. The Morgan fingerprint density at radius 1 is 1.03 bits per heavy atom. The Morgan fingerprint density at radius 3 is 2.37 bits per heavy atom. The maximum atomic E-state index is 11.7. The first-order chi connectivity index (χ1) is 16.8. The molecular weight excluding hydrogens is 470 g/mol. The van der Waals surface area contributed by atoms with Gasteiger partial charge in [-0.3, -0.25) is 0 Å². The number of benzene rings is 3. The van der Waals surface area contributed by atoms with Crippen LogP contribution in [0.4, 0.5) is 0 Å². The zero-order valence-corrected chi connectivity index (χ0v) is 20.5. The zero-order valence-electron chi connectivity index (χ0n) is 19.6. The molecule has 0 fully saturated rings. The predicted octanol–water partition coefficient (Wildman–Crippen LogP) is 3.78. The van der Waals surface area contributed by atoms with Crippen LogP contribution >= 0.6 is 0 Å². The van der Waals surface area contributed by atoms with Crippen LogP contribution in [0.1, 0.15) is 22.8 Å². The van der Waals surface area contributed by atoms with E-state index in [2.05, 4.69) is 6.58 Å². The van der Waals surface area contributed by atoms with Crippen LogP contribution in [0.3, 0.4) is 0 Å². The SMILES string of the molecule is C=CCOc1ccc(C(O)c2cc(CS(N)(=O)=O)ccc2-c2c(OC)cccc2OCOC)cc1. The van der Waals surface area contributed by atoms with Gasteiger partial charge in [-0.2, -0.15) is 0 Å². The molecule has 0 aliphatic heterocycles. The third-order valence-electron chi connectivity index (χ3n) is 5.15. The lowest BCUT2D eigenvalue weighted by Crippen LogP contribution is -2.15. The van der Waals surface area contributed by atoms with Gasteiger partial charge in [-0.05, 0) is 46.5 Å². The van der Waals surface area contributed by atoms with Crippen LogP contribution in [0, 0.1) is 0 Å². The Hall–Kier alpha value is -3.37. The summed E-state index contributed by atoms with van der Waals surface area (Å²) in [4.78, 5) is 0. The highest BCUT2D eigenvalue weighted by atomic mass is 32.2. The number of primary sulfonamides is 1. The molecule has 186 valence electrons. The molecule has 0 saturated carbocycles. The number of rotatable bonds is 12. The molecule has 0 heterocycles. The average molecular weight is 500 g/mol. The Morgan fingerprint density at radius 2 is 1.74 bits per heavy atom. The van der Waals surface area contributed by atoms with Crippen molar-refractivity contribution < 1.29 is 32.5 Å². The van der Waals surface area contributed by atoms with Gasteiger partial charge in [0.1, 0.15) is 30.0 Å². The normalized spacial score (nSPS) is 12.1. The highest BCUT2D eigenvalue weighted by molar-refractivity contribution is 7.88. The van der Waals surface area contributed by atoms with Gasteiger partial charge < -0.3 is 24.1 Å². The molecule has 0 bridgehead atoms. The fourth-order valence-electron chi connectivity index (χ4n) is 3.66. The molecular formula is C26H29NO7S. The number of nitrogens with two attached hydrogens (primary N) is 1. The van der Waals surface area contributed by atoms with Crippen molar-refractivity contribution in [3.8, 4) is 28.4 Å². The van der Waals surface area contributed by atoms with Crippen LogP contribution in [-0.4, -0.2) is 41.1 Å². The summed E-state index contributed by atoms with van der Waals surface area (Å²) in [5.74, 6) is 1.25. The van der Waals surface area contributed by atoms with E-state index in [9.17, 15) is 13.5 Å². The average Bonchev–Trinajstić information content (AvgIpc) is 2.85. The lowest BCUT2D eigenvalue weighted by atomic mass is 9.90. The minimum Gasteiger partial charge on any atom is -0.496 e. The number of hydrogen-bond acceptors (Lipinski definition) is 7. The van der Waals surface area contributed by atoms with Crippen molar-refractivity contribution >= 4 is 10.0 Å². The standard InChI is InChI=1S/C26H29NO7S/c1-4-14-33-20-11-9-19(10-12-20)26(28)22-15-18(16-35(27,29)30)8-13-21(22)25-23(32-3)6-5-7-24(25)34-17-31-2/h4-13,15,26,28H,1,14,16-17H2,2-3H3,(H2,27,29,30). The van der Waals surface area contributed by atoms with Crippen LogP contribution in [-0.2, 0) is 20.5 Å². The lowest BCUT2D eigenvalue weighted by molar-refractivity contribution is 0.0514. The molecule has 1 atom stereocenters. The predicted molar refractivity (Wildman–Crippen MR) is 134 cm³/mol. The van der Waals surface area contributed by atoms with E-state index < -0.39 is 16.1 Å². The van der Waals surface area contributed by atoms with E-state index in [1.165, 1.54) is 14.2 Å². The molecule has 0 spiro atoms. The van der Waals surface area contributed by atoms with E-state index in [4.69, 9.17) is 24.1 Å². The Balaban J connectivity index is 2.15. The van der Waals surface area contributed by atoms with Crippen LogP contribution in [0.15, 0.2) is 73.3 Å². The Kier molecular flexibility index (Phi) is 8.89. The molecule has 0 radical (unpaired) electrons.